The minimum Gasteiger partial charge on any atom is -0.505 e. The molecule has 18 nitrogen and oxygen atoms in total. The van der Waals surface area contributed by atoms with E-state index < -0.39 is 101 Å². The van der Waals surface area contributed by atoms with Crippen LogP contribution in [-0.2, 0) is 50.1 Å². The first-order chi connectivity index (χ1) is 32.7. The number of piperidine rings is 1. The Morgan fingerprint density at radius 3 is 2.28 bits per heavy atom. The van der Waals surface area contributed by atoms with E-state index in [0.29, 0.717) is 6.42 Å². The van der Waals surface area contributed by atoms with Gasteiger partial charge < -0.3 is 45.4 Å². The van der Waals surface area contributed by atoms with Crippen molar-refractivity contribution < 1.29 is 48.2 Å². The van der Waals surface area contributed by atoms with Crippen LogP contribution in [0.1, 0.15) is 100 Å². The Hall–Kier alpha value is -7.11. The number of amides is 6. The Morgan fingerprint density at radius 1 is 0.913 bits per heavy atom. The predicted octanol–water partition coefficient (Wildman–Crippen LogP) is 3.12. The summed E-state index contributed by atoms with van der Waals surface area (Å²) < 4.78 is 5.87. The number of aromatic hydroxyl groups is 1. The summed E-state index contributed by atoms with van der Waals surface area (Å²) in [6.07, 6.45) is 2.06. The van der Waals surface area contributed by atoms with Crippen LogP contribution in [0.15, 0.2) is 78.5 Å². The fourth-order valence-corrected chi connectivity index (χ4v) is 9.25. The van der Waals surface area contributed by atoms with Gasteiger partial charge in [0.25, 0.3) is 5.91 Å². The van der Waals surface area contributed by atoms with Gasteiger partial charge in [0.05, 0.1) is 0 Å². The van der Waals surface area contributed by atoms with Gasteiger partial charge in [0, 0.05) is 70.8 Å². The minimum absolute atomic E-state index is 0.00109. The van der Waals surface area contributed by atoms with Crippen molar-refractivity contribution >= 4 is 52.9 Å². The molecule has 69 heavy (non-hydrogen) atoms. The Morgan fingerprint density at radius 2 is 1.61 bits per heavy atom. The van der Waals surface area contributed by atoms with Gasteiger partial charge in [-0.2, -0.15) is 0 Å². The maximum absolute atomic E-state index is 15.3. The van der Waals surface area contributed by atoms with Gasteiger partial charge in [-0.25, -0.2) is 9.78 Å². The van der Waals surface area contributed by atoms with E-state index in [1.807, 2.05) is 57.1 Å². The van der Waals surface area contributed by atoms with Crippen LogP contribution >= 0.6 is 0 Å². The number of hydrogen-bond donors (Lipinski definition) is 4. The summed E-state index contributed by atoms with van der Waals surface area (Å²) in [5, 5.41) is 18.2. The number of hydrogen-bond acceptors (Lipinski definition) is 12. The highest BCUT2D eigenvalue weighted by Crippen LogP contribution is 2.38. The molecule has 3 saturated heterocycles. The zero-order valence-electron chi connectivity index (χ0n) is 40.8. The van der Waals surface area contributed by atoms with E-state index in [-0.39, 0.29) is 50.1 Å². The van der Waals surface area contributed by atoms with E-state index in [1.54, 1.807) is 30.3 Å². The zero-order chi connectivity index (χ0) is 50.5. The number of carbonyl (C=O) groups excluding carboxylic acids is 8. The number of nitrogens with zero attached hydrogens (tertiary/aromatic N) is 5. The molecule has 0 aliphatic carbocycles. The van der Waals surface area contributed by atoms with E-state index in [0.717, 1.165) is 22.4 Å². The lowest BCUT2D eigenvalue weighted by Crippen LogP contribution is -2.61. The number of rotatable bonds is 8. The van der Waals surface area contributed by atoms with Gasteiger partial charge in [-0.3, -0.25) is 33.6 Å². The fraction of sp³-hybridized carbons (Fsp3) is 0.471. The second kappa shape index (κ2) is 21.5. The SMILES string of the molecule is C/C=C(\C)C(C)(C)c1cc(C[C@H]2C(=O)N3CCC(=O)C[C@H]3C(=O)N[C@@H](c3ccccc3)C(=O)O[C@H](C)[C@H](NC(=O)c3ncccc3O)C(=O)N[C@H](C)C(=O)N3CCC[C@H]3C(=O)N2C)ccc1N(C)C. The number of anilines is 1. The standard InChI is InChI=1S/C51H64N8O10/c1-10-29(2)51(5,6)35-26-32(20-21-36(35)56(7)8)27-39-49(67)59-25-22-34(60)28-38(59)44(62)55-42(33-16-12-11-13-17-33)50(68)69-31(4)41(54-46(64)43-40(61)19-14-23-52-43)45(63)53-30(3)47(65)58-24-15-18-37(58)48(66)57(39)9/h10-14,16-17,19-21,23,26,30-31,37-39,41-42,61H,15,18,22,24-25,27-28H2,1-9H3,(H,53,63)(H,54,64)(H,55,62)/b29-10+/t30-,31-,37+,38+,39+,41+,42+/m1/s1. The average molecular weight is 949 g/mol. The van der Waals surface area contributed by atoms with E-state index in [1.165, 1.54) is 53.9 Å². The van der Waals surface area contributed by atoms with Crippen molar-refractivity contribution in [1.29, 1.82) is 0 Å². The van der Waals surface area contributed by atoms with Crippen LogP contribution in [0.5, 0.6) is 5.75 Å². The second-order valence-corrected chi connectivity index (χ2v) is 18.8. The molecule has 368 valence electrons. The van der Waals surface area contributed by atoms with Crippen molar-refractivity contribution in [1.82, 2.24) is 35.6 Å². The molecule has 0 spiro atoms. The quantitative estimate of drug-likeness (QED) is 0.189. The summed E-state index contributed by atoms with van der Waals surface area (Å²) in [4.78, 5) is 125. The lowest BCUT2D eigenvalue weighted by Gasteiger charge is -2.40. The molecule has 7 atom stereocenters. The molecule has 0 saturated carbocycles. The molecule has 6 rings (SSSR count). The summed E-state index contributed by atoms with van der Waals surface area (Å²) >= 11 is 0. The van der Waals surface area contributed by atoms with Gasteiger partial charge in [-0.15, -0.1) is 0 Å². The minimum atomic E-state index is -1.70. The van der Waals surface area contributed by atoms with Crippen molar-refractivity contribution in [3.05, 3.63) is 101 Å². The molecule has 3 aromatic rings. The predicted molar refractivity (Wildman–Crippen MR) is 256 cm³/mol. The summed E-state index contributed by atoms with van der Waals surface area (Å²) in [6.45, 7) is 11.0. The largest absolute Gasteiger partial charge is 0.505 e. The molecule has 0 unspecified atom stereocenters. The highest BCUT2D eigenvalue weighted by molar-refractivity contribution is 6.01. The number of cyclic esters (lactones) is 1. The van der Waals surface area contributed by atoms with E-state index in [9.17, 15) is 38.7 Å². The first-order valence-electron chi connectivity index (χ1n) is 23.3. The van der Waals surface area contributed by atoms with Crippen LogP contribution in [0.2, 0.25) is 0 Å². The maximum Gasteiger partial charge on any atom is 0.333 e. The van der Waals surface area contributed by atoms with E-state index in [2.05, 4.69) is 34.8 Å². The third-order valence-electron chi connectivity index (χ3n) is 13.7. The molecular weight excluding hydrogens is 885 g/mol. The number of fused-ring (bicyclic) bond motifs is 2. The van der Waals surface area contributed by atoms with Crippen LogP contribution in [0.25, 0.3) is 0 Å². The van der Waals surface area contributed by atoms with Crippen LogP contribution in [-0.4, -0.2) is 143 Å². The van der Waals surface area contributed by atoms with Gasteiger partial charge in [0.1, 0.15) is 47.8 Å². The number of benzene rings is 2. The molecule has 2 aromatic carbocycles. The molecule has 3 aliphatic rings. The molecule has 18 heteroatoms. The van der Waals surface area contributed by atoms with Crippen molar-refractivity contribution in [3.63, 3.8) is 0 Å². The number of esters is 1. The highest BCUT2D eigenvalue weighted by Gasteiger charge is 2.46. The molecule has 0 radical (unpaired) electrons. The topological polar surface area (TPSA) is 228 Å². The number of nitrogens with one attached hydrogen (secondary N) is 3. The summed E-state index contributed by atoms with van der Waals surface area (Å²) in [5.41, 5.74) is 3.14. The lowest BCUT2D eigenvalue weighted by atomic mass is 9.76. The smallest absolute Gasteiger partial charge is 0.333 e. The third-order valence-corrected chi connectivity index (χ3v) is 13.7. The van der Waals surface area contributed by atoms with E-state index >= 15 is 4.79 Å². The number of allylic oxidation sites excluding steroid dienone is 2. The zero-order valence-corrected chi connectivity index (χ0v) is 40.8. The molecule has 6 amide bonds. The number of ether oxygens (including phenoxy) is 1. The average Bonchev–Trinajstić information content (AvgIpc) is 3.82. The summed E-state index contributed by atoms with van der Waals surface area (Å²) in [7, 11) is 5.38. The molecule has 0 bridgehead atoms. The number of aromatic nitrogens is 1. The first-order valence-corrected chi connectivity index (χ1v) is 23.3. The van der Waals surface area contributed by atoms with E-state index in [4.69, 9.17) is 4.74 Å². The van der Waals surface area contributed by atoms with Crippen LogP contribution in [0, 0.1) is 0 Å². The Labute approximate surface area is 402 Å². The van der Waals surface area contributed by atoms with Gasteiger partial charge in [-0.05, 0) is 75.4 Å². The monoisotopic (exact) mass is 948 g/mol. The molecule has 3 fully saturated rings. The van der Waals surface area contributed by atoms with Gasteiger partial charge in [0.15, 0.2) is 11.7 Å². The first kappa shape index (κ1) is 51.3. The Balaban J connectivity index is 1.46. The normalized spacial score (nSPS) is 24.8. The van der Waals surface area contributed by atoms with Crippen LogP contribution in [0.4, 0.5) is 5.69 Å². The lowest BCUT2D eigenvalue weighted by molar-refractivity contribution is -0.156. The fourth-order valence-electron chi connectivity index (χ4n) is 9.25. The van der Waals surface area contributed by atoms with Crippen molar-refractivity contribution in [2.45, 2.75) is 121 Å². The van der Waals surface area contributed by atoms with Crippen LogP contribution < -0.4 is 20.9 Å². The number of carbonyl (C=O) groups is 8. The molecule has 1 aromatic heterocycles. The van der Waals surface area contributed by atoms with Crippen molar-refractivity contribution in [3.8, 4) is 5.75 Å². The Kier molecular flexibility index (Phi) is 15.9. The van der Waals surface area contributed by atoms with Gasteiger partial charge in [-0.1, -0.05) is 68.0 Å². The Bertz CT molecular complexity index is 2510. The van der Waals surface area contributed by atoms with Crippen molar-refractivity contribution in [2.24, 2.45) is 0 Å². The number of ketones is 1. The third kappa shape index (κ3) is 11.1. The maximum atomic E-state index is 15.3. The summed E-state index contributed by atoms with van der Waals surface area (Å²) in [5.74, 6) is -6.43. The van der Waals surface area contributed by atoms with Gasteiger partial charge in [0.2, 0.25) is 29.5 Å². The number of pyridine rings is 1. The molecular formula is C51H64N8O10. The van der Waals surface area contributed by atoms with Gasteiger partial charge >= 0.3 is 5.97 Å². The molecule has 3 aliphatic heterocycles. The van der Waals surface area contributed by atoms with Crippen LogP contribution in [0.3, 0.4) is 0 Å². The summed E-state index contributed by atoms with van der Waals surface area (Å²) in [6, 6.07) is 8.34. The number of likely N-dealkylation sites (N-methyl/N-ethyl adjacent to an activating group) is 1. The number of Topliss-reactive ketones (excluding diaryl/α,β-unsaturated/α-hetero) is 1. The van der Waals surface area contributed by atoms with Crippen molar-refractivity contribution in [2.75, 3.05) is 39.1 Å². The molecule has 4 heterocycles. The second-order valence-electron chi connectivity index (χ2n) is 18.8. The highest BCUT2D eigenvalue weighted by atomic mass is 16.5. The molecule has 4 N–H and O–H groups in total.